The number of aliphatic hydroxyl groups excluding tert-OH is 1. The highest BCUT2D eigenvalue weighted by Gasteiger charge is 2.54. The van der Waals surface area contributed by atoms with E-state index >= 15 is 19.2 Å². The molecule has 1 fully saturated rings. The van der Waals surface area contributed by atoms with Crippen molar-refractivity contribution in [3.05, 3.63) is 12.2 Å². The van der Waals surface area contributed by atoms with Crippen LogP contribution in [0.15, 0.2) is 12.2 Å². The number of amides is 12. The maximum atomic E-state index is 15.8. The van der Waals surface area contributed by atoms with Gasteiger partial charge in [0.1, 0.15) is 54.4 Å². The molecule has 1 saturated heterocycles. The van der Waals surface area contributed by atoms with Gasteiger partial charge >= 0.3 is 0 Å². The van der Waals surface area contributed by atoms with Crippen LogP contribution in [-0.2, 0) is 57.5 Å². The Hall–Kier alpha value is -6.66. The standard InChI is InChI=1S/C64H114N12O13/c1-26-28-29-41(15)53(79)52-57(83)67-45(27-2)59(85)70(19)34-50(78)71(20)46(30-35(3)4)56(82)68-51(39(11)12)62(88)72(21)47(31-36(5)6)55(81)65-42(16)54(80)66-43(17)58(84)73(22)48(32-37(7)8)60(86)74(23)49(33-38(9)10)61(87)76(25)64(40(13)14,69-44(18)77)63(89)75(52)24/h26,28,35-43,45-49,51-53,79H,27,29-34H2,1-25H3,(H,65,81)(H,66,80)(H,67,83)(H,68,82)(H,69,77)/b28-26+/t41-,42+,43-,45+,46+,47+,48+,49+,51+,52+,53-,64+/m1/s1. The van der Waals surface area contributed by atoms with Crippen LogP contribution in [0.5, 0.6) is 0 Å². The number of allylic oxidation sites excluding steroid dienone is 2. The lowest BCUT2D eigenvalue weighted by molar-refractivity contribution is -0.169. The zero-order valence-corrected chi connectivity index (χ0v) is 58.4. The number of rotatable bonds is 16. The minimum atomic E-state index is -2.32. The van der Waals surface area contributed by atoms with E-state index in [9.17, 15) is 43.5 Å². The Bertz CT molecular complexity index is 2500. The van der Waals surface area contributed by atoms with Gasteiger partial charge in [-0.3, -0.25) is 57.5 Å². The molecule has 25 heteroatoms. The van der Waals surface area contributed by atoms with Gasteiger partial charge in [0.05, 0.1) is 12.6 Å². The first-order chi connectivity index (χ1) is 41.0. The zero-order chi connectivity index (χ0) is 69.2. The maximum absolute atomic E-state index is 15.8. The van der Waals surface area contributed by atoms with Gasteiger partial charge in [-0.05, 0) is 94.8 Å². The molecule has 0 aromatic heterocycles. The molecule has 0 saturated carbocycles. The fourth-order valence-corrected chi connectivity index (χ4v) is 11.2. The summed E-state index contributed by atoms with van der Waals surface area (Å²) in [6.07, 6.45) is 2.46. The number of nitrogens with zero attached hydrogens (tertiary/aromatic N) is 7. The van der Waals surface area contributed by atoms with Crippen molar-refractivity contribution < 1.29 is 62.6 Å². The first kappa shape index (κ1) is 80.4. The smallest absolute Gasteiger partial charge is 0.270 e. The van der Waals surface area contributed by atoms with Crippen LogP contribution in [0.4, 0.5) is 0 Å². The van der Waals surface area contributed by atoms with E-state index in [1.165, 1.54) is 82.8 Å². The Labute approximate surface area is 531 Å². The largest absolute Gasteiger partial charge is 0.390 e. The van der Waals surface area contributed by atoms with Crippen LogP contribution in [0.3, 0.4) is 0 Å². The molecule has 0 radical (unpaired) electrons. The second-order valence-corrected chi connectivity index (χ2v) is 26.9. The van der Waals surface area contributed by atoms with Gasteiger partial charge in [0.25, 0.3) is 5.91 Å². The van der Waals surface area contributed by atoms with Crippen molar-refractivity contribution in [1.29, 1.82) is 0 Å². The highest BCUT2D eigenvalue weighted by molar-refractivity contribution is 6.01. The van der Waals surface area contributed by atoms with Crippen molar-refractivity contribution >= 4 is 70.9 Å². The average molecular weight is 1260 g/mol. The summed E-state index contributed by atoms with van der Waals surface area (Å²) in [4.78, 5) is 183. The predicted octanol–water partition coefficient (Wildman–Crippen LogP) is 2.73. The second kappa shape index (κ2) is 35.7. The van der Waals surface area contributed by atoms with Crippen LogP contribution >= 0.6 is 0 Å². The molecular formula is C64H114N12O13. The van der Waals surface area contributed by atoms with Gasteiger partial charge in [-0.2, -0.15) is 0 Å². The first-order valence-corrected chi connectivity index (χ1v) is 31.6. The molecule has 0 spiro atoms. The lowest BCUT2D eigenvalue weighted by Gasteiger charge is -2.48. The number of carbonyl (C=O) groups excluding carboxylic acids is 12. The molecule has 1 aliphatic heterocycles. The van der Waals surface area contributed by atoms with E-state index in [4.69, 9.17) is 0 Å². The van der Waals surface area contributed by atoms with Crippen molar-refractivity contribution in [1.82, 2.24) is 60.9 Å². The van der Waals surface area contributed by atoms with E-state index in [1.54, 1.807) is 60.6 Å². The van der Waals surface area contributed by atoms with Gasteiger partial charge in [0, 0.05) is 62.2 Å². The molecule has 0 unspecified atom stereocenters. The molecule has 6 N–H and O–H groups in total. The number of hydrogen-bond donors (Lipinski definition) is 6. The van der Waals surface area contributed by atoms with Crippen molar-refractivity contribution in [2.45, 2.75) is 229 Å². The van der Waals surface area contributed by atoms with Gasteiger partial charge < -0.3 is 66.0 Å². The van der Waals surface area contributed by atoms with Crippen molar-refractivity contribution in [3.63, 3.8) is 0 Å². The van der Waals surface area contributed by atoms with Crippen LogP contribution < -0.4 is 26.6 Å². The van der Waals surface area contributed by atoms with Crippen LogP contribution in [0.2, 0.25) is 0 Å². The molecule has 1 rings (SSSR count). The maximum Gasteiger partial charge on any atom is 0.270 e. The van der Waals surface area contributed by atoms with E-state index in [2.05, 4.69) is 26.6 Å². The van der Waals surface area contributed by atoms with E-state index in [-0.39, 0.29) is 62.2 Å². The molecule has 89 heavy (non-hydrogen) atoms. The van der Waals surface area contributed by atoms with Crippen LogP contribution in [0.25, 0.3) is 0 Å². The molecule has 1 heterocycles. The number of hydrogen-bond acceptors (Lipinski definition) is 13. The molecule has 12 atom stereocenters. The van der Waals surface area contributed by atoms with Crippen molar-refractivity contribution in [3.8, 4) is 0 Å². The van der Waals surface area contributed by atoms with Crippen LogP contribution in [0, 0.1) is 41.4 Å². The van der Waals surface area contributed by atoms with Crippen molar-refractivity contribution in [2.75, 3.05) is 55.9 Å². The van der Waals surface area contributed by atoms with Crippen molar-refractivity contribution in [2.24, 2.45) is 41.4 Å². The minimum absolute atomic E-state index is 0.0224. The Morgan fingerprint density at radius 2 is 1.00 bits per heavy atom. The van der Waals surface area contributed by atoms with E-state index in [0.29, 0.717) is 0 Å². The summed E-state index contributed by atoms with van der Waals surface area (Å²) >= 11 is 0. The summed E-state index contributed by atoms with van der Waals surface area (Å²) in [5, 5.41) is 25.9. The number of carbonyl (C=O) groups is 12. The van der Waals surface area contributed by atoms with Gasteiger partial charge in [-0.25, -0.2) is 0 Å². The fourth-order valence-electron chi connectivity index (χ4n) is 11.2. The van der Waals surface area contributed by atoms with Crippen LogP contribution in [-0.4, -0.2) is 232 Å². The normalized spacial score (nSPS) is 27.0. The van der Waals surface area contributed by atoms with Gasteiger partial charge in [0.15, 0.2) is 5.66 Å². The highest BCUT2D eigenvalue weighted by Crippen LogP contribution is 2.30. The molecule has 12 amide bonds. The average Bonchev–Trinajstić information content (AvgIpc) is 0.776. The third-order valence-corrected chi connectivity index (χ3v) is 16.8. The fraction of sp³-hybridized carbons (Fsp3) is 0.781. The topological polar surface area (TPSA) is 308 Å². The third-order valence-electron chi connectivity index (χ3n) is 16.8. The Morgan fingerprint density at radius 1 is 0.562 bits per heavy atom. The molecule has 0 aromatic rings. The first-order valence-electron chi connectivity index (χ1n) is 31.6. The Kier molecular flexibility index (Phi) is 32.2. The van der Waals surface area contributed by atoms with Crippen LogP contribution in [0.1, 0.15) is 163 Å². The predicted molar refractivity (Wildman–Crippen MR) is 341 cm³/mol. The highest BCUT2D eigenvalue weighted by atomic mass is 16.3. The second-order valence-electron chi connectivity index (χ2n) is 26.9. The summed E-state index contributed by atoms with van der Waals surface area (Å²) < 4.78 is 0. The summed E-state index contributed by atoms with van der Waals surface area (Å²) in [6, 6.07) is -11.8. The summed E-state index contributed by atoms with van der Waals surface area (Å²) in [5.41, 5.74) is -2.32. The van der Waals surface area contributed by atoms with E-state index < -0.39 is 161 Å². The monoisotopic (exact) mass is 1260 g/mol. The van der Waals surface area contributed by atoms with E-state index in [0.717, 1.165) is 21.6 Å². The number of nitrogens with one attached hydrogen (secondary N) is 5. The number of aliphatic hydroxyl groups is 1. The SMILES string of the molecule is C/C=C/C[C@@H](C)[C@@H](O)[C@H]1C(=O)N[C@@H](CC)C(=O)N(C)CC(=O)N(C)[C@@H](CC(C)C)C(=O)N[C@@H](C(C)C)C(=O)N(C)[C@@H](CC(C)C)C(=O)N[C@@H](C)C(=O)N[C@H](C)C(=O)N(C)[C@@H](CC(C)C)C(=O)N(C)[C@@H](CC(C)C)C(=O)N(C)[C@@](NC(C)=O)(C(C)C)C(=O)N1C. The number of likely N-dealkylation sites (N-methyl/N-ethyl adjacent to an activating group) is 7. The molecule has 508 valence electrons. The Morgan fingerprint density at radius 3 is 1.45 bits per heavy atom. The molecule has 0 aromatic carbocycles. The van der Waals surface area contributed by atoms with Gasteiger partial charge in [-0.1, -0.05) is 109 Å². The Balaban J connectivity index is 4.51. The molecule has 0 bridgehead atoms. The molecular weight excluding hydrogens is 1140 g/mol. The minimum Gasteiger partial charge on any atom is -0.390 e. The molecule has 25 nitrogen and oxygen atoms in total. The molecule has 0 aliphatic carbocycles. The molecule has 1 aliphatic rings. The summed E-state index contributed by atoms with van der Waals surface area (Å²) in [7, 11) is 9.50. The van der Waals surface area contributed by atoms with Gasteiger partial charge in [0.2, 0.25) is 65.0 Å². The van der Waals surface area contributed by atoms with E-state index in [1.807, 2.05) is 55.4 Å². The third kappa shape index (κ3) is 21.5. The zero-order valence-electron chi connectivity index (χ0n) is 58.4. The van der Waals surface area contributed by atoms with Gasteiger partial charge in [-0.15, -0.1) is 0 Å². The lowest BCUT2D eigenvalue weighted by Crippen LogP contribution is -2.74. The quantitative estimate of drug-likeness (QED) is 0.121. The lowest BCUT2D eigenvalue weighted by atomic mass is 9.88. The summed E-state index contributed by atoms with van der Waals surface area (Å²) in [5.74, 6) is -12.1. The summed E-state index contributed by atoms with van der Waals surface area (Å²) in [6.45, 7) is 29.7.